The van der Waals surface area contributed by atoms with Gasteiger partial charge in [-0.05, 0) is 25.7 Å². The number of hydrogen-bond donors (Lipinski definition) is 3. The van der Waals surface area contributed by atoms with Gasteiger partial charge in [0.25, 0.3) is 0 Å². The molecule has 35 heavy (non-hydrogen) atoms. The summed E-state index contributed by atoms with van der Waals surface area (Å²) in [5.74, 6) is -0.289. The lowest BCUT2D eigenvalue weighted by atomic mass is 10.1. The molecule has 8 nitrogen and oxygen atoms in total. The largest absolute Gasteiger partial charge is 0.633 e. The topological polar surface area (TPSA) is 110 Å². The predicted octanol–water partition coefficient (Wildman–Crippen LogP) is 4.56. The summed E-state index contributed by atoms with van der Waals surface area (Å²) in [4.78, 5) is 35.5. The molecule has 0 aromatic rings. The van der Waals surface area contributed by atoms with Crippen LogP contribution in [0.4, 0.5) is 0 Å². The Hall–Kier alpha value is -1.67. The number of amides is 3. The Morgan fingerprint density at radius 2 is 0.943 bits per heavy atom. The second-order valence-electron chi connectivity index (χ2n) is 10.2. The highest BCUT2D eigenvalue weighted by atomic mass is 16.5. The van der Waals surface area contributed by atoms with E-state index in [-0.39, 0.29) is 35.2 Å². The van der Waals surface area contributed by atoms with Crippen LogP contribution in [-0.2, 0) is 14.4 Å². The van der Waals surface area contributed by atoms with Gasteiger partial charge < -0.3 is 25.8 Å². The van der Waals surface area contributed by atoms with E-state index in [2.05, 4.69) is 22.9 Å². The maximum absolute atomic E-state index is 11.9. The Bertz CT molecular complexity index is 550. The van der Waals surface area contributed by atoms with Gasteiger partial charge in [-0.1, -0.05) is 71.1 Å². The van der Waals surface area contributed by atoms with E-state index in [1.807, 2.05) is 0 Å². The van der Waals surface area contributed by atoms with Crippen molar-refractivity contribution in [3.05, 3.63) is 5.21 Å². The van der Waals surface area contributed by atoms with Gasteiger partial charge in [0.2, 0.25) is 17.7 Å². The zero-order chi connectivity index (χ0) is 26.2. The van der Waals surface area contributed by atoms with Gasteiger partial charge in [-0.2, -0.15) is 0 Å². The molecule has 0 rings (SSSR count). The van der Waals surface area contributed by atoms with E-state index in [0.717, 1.165) is 32.1 Å². The number of nitrogens with zero attached hydrogens (tertiary/aromatic N) is 1. The summed E-state index contributed by atoms with van der Waals surface area (Å²) in [6.07, 6.45) is 17.3. The average Bonchev–Trinajstić information content (AvgIpc) is 2.80. The van der Waals surface area contributed by atoms with Crippen LogP contribution in [-0.4, -0.2) is 62.6 Å². The van der Waals surface area contributed by atoms with Crippen molar-refractivity contribution in [2.24, 2.45) is 0 Å². The van der Waals surface area contributed by atoms with E-state index in [4.69, 9.17) is 0 Å². The van der Waals surface area contributed by atoms with Crippen LogP contribution in [0, 0.1) is 5.21 Å². The van der Waals surface area contributed by atoms with Gasteiger partial charge in [0.15, 0.2) is 0 Å². The first-order valence-corrected chi connectivity index (χ1v) is 14.1. The van der Waals surface area contributed by atoms with Gasteiger partial charge in [0, 0.05) is 38.9 Å². The molecule has 0 unspecified atom stereocenters. The minimum absolute atomic E-state index is 0.0345. The first-order chi connectivity index (χ1) is 16.7. The molecule has 0 aliphatic heterocycles. The Kier molecular flexibility index (Phi) is 21.7. The van der Waals surface area contributed by atoms with Gasteiger partial charge in [-0.15, -0.1) is 0 Å². The lowest BCUT2D eigenvalue weighted by Gasteiger charge is -2.33. The second-order valence-corrected chi connectivity index (χ2v) is 10.2. The molecule has 3 amide bonds. The molecule has 0 saturated carbocycles. The van der Waals surface area contributed by atoms with Crippen molar-refractivity contribution in [2.75, 3.05) is 40.3 Å². The second kappa shape index (κ2) is 22.8. The third-order valence-electron chi connectivity index (χ3n) is 6.05. The molecule has 0 bridgehead atoms. The number of rotatable bonds is 24. The van der Waals surface area contributed by atoms with Gasteiger partial charge in [-0.3, -0.25) is 14.4 Å². The van der Waals surface area contributed by atoms with Gasteiger partial charge in [0.1, 0.15) is 0 Å². The number of carbonyl (C=O) groups is 3. The fourth-order valence-corrected chi connectivity index (χ4v) is 3.87. The van der Waals surface area contributed by atoms with Crippen LogP contribution in [0.5, 0.6) is 0 Å². The molecule has 0 aromatic heterocycles. The number of nitrogens with one attached hydrogen (secondary N) is 3. The molecule has 0 spiro atoms. The summed E-state index contributed by atoms with van der Waals surface area (Å²) in [6, 6.07) is 0. The Morgan fingerprint density at radius 1 is 0.543 bits per heavy atom. The highest BCUT2D eigenvalue weighted by Gasteiger charge is 2.07. The molecule has 3 N–H and O–H groups in total. The molecule has 0 heterocycles. The molecule has 0 saturated heterocycles. The summed E-state index contributed by atoms with van der Waals surface area (Å²) in [5, 5.41) is 19.8. The van der Waals surface area contributed by atoms with Crippen LogP contribution in [0.2, 0.25) is 0 Å². The van der Waals surface area contributed by atoms with Crippen LogP contribution < -0.4 is 16.0 Å². The summed E-state index contributed by atoms with van der Waals surface area (Å²) in [6.45, 7) is 4.17. The third-order valence-corrected chi connectivity index (χ3v) is 6.05. The maximum atomic E-state index is 11.9. The van der Waals surface area contributed by atoms with Crippen molar-refractivity contribution in [3.8, 4) is 0 Å². The van der Waals surface area contributed by atoms with Gasteiger partial charge in [-0.25, -0.2) is 0 Å². The highest BCUT2D eigenvalue weighted by molar-refractivity contribution is 5.83. The van der Waals surface area contributed by atoms with E-state index < -0.39 is 0 Å². The van der Waals surface area contributed by atoms with Crippen molar-refractivity contribution in [1.82, 2.24) is 16.0 Å². The number of hydrogen-bond acceptors (Lipinski definition) is 4. The fraction of sp³-hybridized carbons (Fsp3) is 0.889. The van der Waals surface area contributed by atoms with Crippen LogP contribution in [0.25, 0.3) is 0 Å². The number of unbranched alkanes of at least 4 members (excludes halogenated alkanes) is 12. The molecule has 0 aromatic carbocycles. The molecular formula is C27H54N4O4. The summed E-state index contributed by atoms with van der Waals surface area (Å²) < 4.78 is -0.287. The van der Waals surface area contributed by atoms with E-state index in [1.165, 1.54) is 57.8 Å². The van der Waals surface area contributed by atoms with Crippen molar-refractivity contribution in [1.29, 1.82) is 0 Å². The van der Waals surface area contributed by atoms with Crippen molar-refractivity contribution >= 4 is 17.7 Å². The van der Waals surface area contributed by atoms with Crippen molar-refractivity contribution in [2.45, 2.75) is 116 Å². The minimum atomic E-state index is -0.287. The predicted molar refractivity (Wildman–Crippen MR) is 144 cm³/mol. The smallest absolute Gasteiger partial charge is 0.220 e. The van der Waals surface area contributed by atoms with E-state index >= 15 is 0 Å². The lowest BCUT2D eigenvalue weighted by molar-refractivity contribution is -0.840. The van der Waals surface area contributed by atoms with Gasteiger partial charge >= 0.3 is 0 Å². The molecular weight excluding hydrogens is 444 g/mol. The molecule has 0 aliphatic carbocycles. The monoisotopic (exact) mass is 498 g/mol. The molecule has 206 valence electrons. The van der Waals surface area contributed by atoms with Crippen LogP contribution in [0.3, 0.4) is 0 Å². The molecule has 0 atom stereocenters. The molecule has 0 aliphatic rings. The van der Waals surface area contributed by atoms with E-state index in [0.29, 0.717) is 32.6 Å². The average molecular weight is 499 g/mol. The van der Waals surface area contributed by atoms with Crippen molar-refractivity contribution in [3.63, 3.8) is 0 Å². The standard InChI is InChI=1S/C27H54N4O4/c1-4-5-6-7-8-9-10-11-12-13-15-18-25(32)29-22-23-30-27(34)20-19-26(33)28-21-16-14-17-24-31(2,3)35/h4-24H2,1-3H3,(H,28,33)(H,29,32)(H,30,34). The quantitative estimate of drug-likeness (QED) is 0.103. The SMILES string of the molecule is CCCCCCCCCCCCCC(=O)NCCNC(=O)CCC(=O)NCCCCC[N+](C)(C)[O-]. The summed E-state index contributed by atoms with van der Waals surface area (Å²) in [5.41, 5.74) is 0. The summed E-state index contributed by atoms with van der Waals surface area (Å²) >= 11 is 0. The van der Waals surface area contributed by atoms with Crippen LogP contribution >= 0.6 is 0 Å². The Morgan fingerprint density at radius 3 is 1.43 bits per heavy atom. The first-order valence-electron chi connectivity index (χ1n) is 14.1. The molecule has 0 fully saturated rings. The lowest BCUT2D eigenvalue weighted by Crippen LogP contribution is -2.35. The van der Waals surface area contributed by atoms with Crippen molar-refractivity contribution < 1.29 is 19.0 Å². The Balaban J connectivity index is 3.45. The highest BCUT2D eigenvalue weighted by Crippen LogP contribution is 2.11. The van der Waals surface area contributed by atoms with Crippen LogP contribution in [0.1, 0.15) is 116 Å². The molecule has 0 radical (unpaired) electrons. The maximum Gasteiger partial charge on any atom is 0.220 e. The fourth-order valence-electron chi connectivity index (χ4n) is 3.87. The number of hydroxylamine groups is 3. The minimum Gasteiger partial charge on any atom is -0.633 e. The van der Waals surface area contributed by atoms with Gasteiger partial charge in [0.05, 0.1) is 20.6 Å². The zero-order valence-electron chi connectivity index (χ0n) is 22.9. The third kappa shape index (κ3) is 26.8. The number of carbonyl (C=O) groups excluding carboxylic acids is 3. The molecule has 8 heteroatoms. The zero-order valence-corrected chi connectivity index (χ0v) is 22.9. The summed E-state index contributed by atoms with van der Waals surface area (Å²) in [7, 11) is 3.25. The normalized spacial score (nSPS) is 11.3. The first kappa shape index (κ1) is 33.3. The number of quaternary nitrogens is 1. The van der Waals surface area contributed by atoms with E-state index in [9.17, 15) is 19.6 Å². The van der Waals surface area contributed by atoms with E-state index in [1.54, 1.807) is 14.1 Å². The van der Waals surface area contributed by atoms with Crippen LogP contribution in [0.15, 0.2) is 0 Å². The Labute approximate surface area is 214 Å².